The van der Waals surface area contributed by atoms with E-state index in [2.05, 4.69) is 39.4 Å². The van der Waals surface area contributed by atoms with Crippen molar-refractivity contribution in [1.82, 2.24) is 0 Å². The van der Waals surface area contributed by atoms with Gasteiger partial charge in [0.1, 0.15) is 0 Å². The van der Waals surface area contributed by atoms with Crippen molar-refractivity contribution in [2.45, 2.75) is 27.7 Å². The van der Waals surface area contributed by atoms with E-state index in [0.717, 1.165) is 0 Å². The summed E-state index contributed by atoms with van der Waals surface area (Å²) in [4.78, 5) is 0. The summed E-state index contributed by atoms with van der Waals surface area (Å²) < 4.78 is 12.6. The fraction of sp³-hybridized carbons (Fsp3) is 0.333. The van der Waals surface area contributed by atoms with Gasteiger partial charge >= 0.3 is 85.5 Å². The van der Waals surface area contributed by atoms with Crippen molar-refractivity contribution < 1.29 is 0 Å². The second-order valence-electron chi connectivity index (χ2n) is 2.25. The number of rotatable bonds is 0. The monoisotopic (exact) mass is 276 g/mol. The molecule has 0 amide bonds. The van der Waals surface area contributed by atoms with E-state index in [0.29, 0.717) is 0 Å². The second kappa shape index (κ2) is 6.54. The molecule has 0 aromatic rings. The first-order valence-corrected chi connectivity index (χ1v) is 9.71. The maximum absolute atomic E-state index is 3.14. The Bertz CT molecular complexity index is 313. The van der Waals surface area contributed by atoms with Gasteiger partial charge in [-0.1, -0.05) is 0 Å². The molecule has 0 nitrogen and oxygen atoms in total. The van der Waals surface area contributed by atoms with Crippen LogP contribution in [0.5, 0.6) is 0 Å². The van der Waals surface area contributed by atoms with Gasteiger partial charge in [0.2, 0.25) is 0 Å². The molecule has 0 radical (unpaired) electrons. The molecule has 64 valence electrons. The Labute approximate surface area is 85.4 Å². The van der Waals surface area contributed by atoms with Gasteiger partial charge in [0, 0.05) is 0 Å². The molecule has 0 N–H and O–H groups in total. The van der Waals surface area contributed by atoms with Crippen molar-refractivity contribution in [2.75, 3.05) is 0 Å². The molecule has 0 aliphatic heterocycles. The first-order valence-electron chi connectivity index (χ1n) is 4.00. The van der Waals surface area contributed by atoms with Gasteiger partial charge in [-0.15, -0.1) is 0 Å². The average molecular weight is 275 g/mol. The molecule has 0 saturated heterocycles. The molecule has 0 bridgehead atoms. The molecule has 0 rings (SSSR count). The number of hydrogen-bond donors (Lipinski definition) is 0. The van der Waals surface area contributed by atoms with E-state index in [1.54, 1.807) is 0 Å². The van der Waals surface area contributed by atoms with E-state index in [1.807, 2.05) is 27.7 Å². The number of hydrogen-bond acceptors (Lipinski definition) is 0. The van der Waals surface area contributed by atoms with E-state index in [-0.39, 0.29) is 0 Å². The standard InChI is InChI=1S/4C3H3.Sn/c4*1-3-2;/h4*1H3;. The van der Waals surface area contributed by atoms with Gasteiger partial charge in [0.05, 0.1) is 0 Å². The van der Waals surface area contributed by atoms with Gasteiger partial charge in [-0.3, -0.25) is 0 Å². The molecule has 0 spiro atoms. The third-order valence-electron chi connectivity index (χ3n) is 1.25. The predicted molar refractivity (Wildman–Crippen MR) is 59.6 cm³/mol. The van der Waals surface area contributed by atoms with Crippen LogP contribution in [0.15, 0.2) is 0 Å². The summed E-state index contributed by atoms with van der Waals surface area (Å²) >= 11 is -3.01. The Hall–Kier alpha value is -0.961. The SMILES string of the molecule is CC#[C][Sn]([C]#CC)([C]#CC)[C]#CC. The molecule has 0 aliphatic rings. The minimum absolute atomic E-state index is 1.82. The zero-order valence-corrected chi connectivity index (χ0v) is 11.4. The topological polar surface area (TPSA) is 0 Å². The summed E-state index contributed by atoms with van der Waals surface area (Å²) in [6.07, 6.45) is 0. The quantitative estimate of drug-likeness (QED) is 0.466. The molecule has 0 aliphatic carbocycles. The van der Waals surface area contributed by atoms with Gasteiger partial charge in [-0.2, -0.15) is 0 Å². The predicted octanol–water partition coefficient (Wildman–Crippen LogP) is 1.69. The zero-order chi connectivity index (χ0) is 10.2. The van der Waals surface area contributed by atoms with Crippen LogP contribution in [0.3, 0.4) is 0 Å². The van der Waals surface area contributed by atoms with Crippen LogP contribution in [0.4, 0.5) is 0 Å². The van der Waals surface area contributed by atoms with E-state index < -0.39 is 18.4 Å². The van der Waals surface area contributed by atoms with Gasteiger partial charge in [0.25, 0.3) is 0 Å². The minimum atomic E-state index is -3.01. The van der Waals surface area contributed by atoms with Crippen LogP contribution in [-0.2, 0) is 0 Å². The van der Waals surface area contributed by atoms with E-state index in [4.69, 9.17) is 0 Å². The Morgan fingerprint density at radius 3 is 0.923 bits per heavy atom. The zero-order valence-electron chi connectivity index (χ0n) is 8.50. The first kappa shape index (κ1) is 12.0. The molecule has 0 fully saturated rings. The van der Waals surface area contributed by atoms with Gasteiger partial charge < -0.3 is 0 Å². The van der Waals surface area contributed by atoms with E-state index >= 15 is 0 Å². The molecule has 13 heavy (non-hydrogen) atoms. The molecular formula is C12H12Sn. The average Bonchev–Trinajstić information content (AvgIpc) is 2.06. The van der Waals surface area contributed by atoms with Crippen LogP contribution in [0, 0.1) is 39.4 Å². The normalized spacial score (nSPS) is 7.08. The van der Waals surface area contributed by atoms with Crippen molar-refractivity contribution >= 4 is 18.4 Å². The van der Waals surface area contributed by atoms with Gasteiger partial charge in [-0.05, 0) is 0 Å². The van der Waals surface area contributed by atoms with Gasteiger partial charge in [-0.25, -0.2) is 0 Å². The van der Waals surface area contributed by atoms with Crippen molar-refractivity contribution in [3.8, 4) is 39.4 Å². The Morgan fingerprint density at radius 1 is 0.538 bits per heavy atom. The maximum atomic E-state index is 3.14. The molecule has 0 saturated carbocycles. The van der Waals surface area contributed by atoms with Crippen LogP contribution in [0.2, 0.25) is 0 Å². The summed E-state index contributed by atoms with van der Waals surface area (Å²) in [5.41, 5.74) is 0. The summed E-state index contributed by atoms with van der Waals surface area (Å²) in [5, 5.41) is 0. The molecule has 1 heteroatoms. The molecular weight excluding hydrogens is 263 g/mol. The second-order valence-corrected chi connectivity index (χ2v) is 9.39. The summed E-state index contributed by atoms with van der Waals surface area (Å²) in [7, 11) is 0. The van der Waals surface area contributed by atoms with Crippen LogP contribution < -0.4 is 0 Å². The summed E-state index contributed by atoms with van der Waals surface area (Å²) in [5.74, 6) is 11.6. The van der Waals surface area contributed by atoms with Gasteiger partial charge in [0.15, 0.2) is 0 Å². The fourth-order valence-corrected chi connectivity index (χ4v) is 6.29. The summed E-state index contributed by atoms with van der Waals surface area (Å²) in [6, 6.07) is 0. The van der Waals surface area contributed by atoms with Crippen LogP contribution >= 0.6 is 0 Å². The van der Waals surface area contributed by atoms with Crippen molar-refractivity contribution in [2.24, 2.45) is 0 Å². The summed E-state index contributed by atoms with van der Waals surface area (Å²) in [6.45, 7) is 7.27. The van der Waals surface area contributed by atoms with Crippen LogP contribution in [-0.4, -0.2) is 18.4 Å². The van der Waals surface area contributed by atoms with Crippen molar-refractivity contribution in [3.05, 3.63) is 0 Å². The van der Waals surface area contributed by atoms with E-state index in [1.165, 1.54) is 0 Å². The Balaban J connectivity index is 5.39. The third-order valence-corrected chi connectivity index (χ3v) is 8.39. The van der Waals surface area contributed by atoms with Crippen LogP contribution in [0.25, 0.3) is 0 Å². The van der Waals surface area contributed by atoms with E-state index in [9.17, 15) is 0 Å². The fourth-order valence-electron chi connectivity index (χ4n) is 0.938. The van der Waals surface area contributed by atoms with Crippen molar-refractivity contribution in [3.63, 3.8) is 0 Å². The first-order chi connectivity index (χ1) is 6.24. The van der Waals surface area contributed by atoms with Crippen LogP contribution in [0.1, 0.15) is 27.7 Å². The molecule has 0 heterocycles. The Kier molecular flexibility index (Phi) is 6.06. The molecule has 0 atom stereocenters. The molecule has 0 unspecified atom stereocenters. The van der Waals surface area contributed by atoms with Crippen molar-refractivity contribution in [1.29, 1.82) is 0 Å². The third kappa shape index (κ3) is 3.99. The molecule has 0 aromatic heterocycles. The molecule has 0 aromatic carbocycles. The Morgan fingerprint density at radius 2 is 0.769 bits per heavy atom.